The predicted octanol–water partition coefficient (Wildman–Crippen LogP) is 3.71. The second kappa shape index (κ2) is 6.45. The van der Waals surface area contributed by atoms with E-state index in [-0.39, 0.29) is 4.90 Å². The van der Waals surface area contributed by atoms with Gasteiger partial charge in [0.2, 0.25) is 0 Å². The molecule has 3 aromatic rings. The molecule has 3 rings (SSSR count). The van der Waals surface area contributed by atoms with Gasteiger partial charge in [-0.2, -0.15) is 12.8 Å². The van der Waals surface area contributed by atoms with Gasteiger partial charge in [0.25, 0.3) is 10.0 Å². The fourth-order valence-electron chi connectivity index (χ4n) is 2.61. The summed E-state index contributed by atoms with van der Waals surface area (Å²) in [5, 5.41) is 1.56. The highest BCUT2D eigenvalue weighted by molar-refractivity contribution is 7.90. The van der Waals surface area contributed by atoms with Gasteiger partial charge < -0.3 is 4.90 Å². The van der Waals surface area contributed by atoms with Crippen molar-refractivity contribution in [3.05, 3.63) is 72.3 Å². The van der Waals surface area contributed by atoms with Crippen molar-refractivity contribution in [3.8, 4) is 0 Å². The monoisotopic (exact) mass is 338 g/mol. The van der Waals surface area contributed by atoms with Gasteiger partial charge in [-0.1, -0.05) is 54.6 Å². The van der Waals surface area contributed by atoms with Crippen LogP contribution in [0.25, 0.3) is 10.8 Å². The Balaban J connectivity index is 2.12. The van der Waals surface area contributed by atoms with Crippen molar-refractivity contribution in [1.29, 1.82) is 0 Å². The van der Waals surface area contributed by atoms with Crippen LogP contribution in [0.5, 0.6) is 0 Å². The molecule has 0 bridgehead atoms. The molecule has 122 valence electrons. The minimum absolute atomic E-state index is 0.218. The van der Waals surface area contributed by atoms with E-state index in [1.807, 2.05) is 73.6 Å². The van der Waals surface area contributed by atoms with Gasteiger partial charge in [0.1, 0.15) is 0 Å². The molecule has 0 saturated carbocycles. The van der Waals surface area contributed by atoms with Gasteiger partial charge in [-0.05, 0) is 17.7 Å². The fourth-order valence-corrected chi connectivity index (χ4v) is 3.69. The number of sulfonamides is 1. The van der Waals surface area contributed by atoms with Crippen molar-refractivity contribution >= 4 is 32.7 Å². The van der Waals surface area contributed by atoms with Crippen molar-refractivity contribution in [2.75, 3.05) is 19.0 Å². The van der Waals surface area contributed by atoms with Gasteiger partial charge in [-0.15, -0.1) is 0 Å². The maximum Gasteiger partial charge on any atom is 0.282 e. The van der Waals surface area contributed by atoms with Crippen LogP contribution in [0.15, 0.2) is 76.0 Å². The largest absolute Gasteiger partial charge is 0.377 e. The van der Waals surface area contributed by atoms with Crippen molar-refractivity contribution in [1.82, 2.24) is 0 Å². The Labute approximate surface area is 142 Å². The third-order valence-corrected chi connectivity index (χ3v) is 5.05. The number of fused-ring (bicyclic) bond motifs is 1. The summed E-state index contributed by atoms with van der Waals surface area (Å²) in [4.78, 5) is 2.18. The smallest absolute Gasteiger partial charge is 0.282 e. The van der Waals surface area contributed by atoms with E-state index in [1.165, 1.54) is 6.21 Å². The van der Waals surface area contributed by atoms with E-state index in [1.54, 1.807) is 12.1 Å². The van der Waals surface area contributed by atoms with Gasteiger partial charge in [0.15, 0.2) is 0 Å². The van der Waals surface area contributed by atoms with E-state index in [2.05, 4.69) is 4.40 Å². The van der Waals surface area contributed by atoms with E-state index in [0.29, 0.717) is 5.39 Å². The Morgan fingerprint density at radius 2 is 1.50 bits per heavy atom. The summed E-state index contributed by atoms with van der Waals surface area (Å²) in [5.41, 5.74) is 1.71. The topological polar surface area (TPSA) is 49.7 Å². The van der Waals surface area contributed by atoms with Crippen LogP contribution in [-0.2, 0) is 10.0 Å². The summed E-state index contributed by atoms with van der Waals surface area (Å²) in [6.45, 7) is 0. The Kier molecular flexibility index (Phi) is 4.36. The van der Waals surface area contributed by atoms with Crippen LogP contribution in [0, 0.1) is 0 Å². The van der Waals surface area contributed by atoms with Gasteiger partial charge in [-0.25, -0.2) is 0 Å². The lowest BCUT2D eigenvalue weighted by atomic mass is 10.1. The first-order valence-electron chi connectivity index (χ1n) is 7.53. The van der Waals surface area contributed by atoms with E-state index < -0.39 is 10.0 Å². The molecule has 0 amide bonds. The summed E-state index contributed by atoms with van der Waals surface area (Å²) >= 11 is 0. The van der Waals surface area contributed by atoms with Crippen LogP contribution in [-0.4, -0.2) is 28.7 Å². The van der Waals surface area contributed by atoms with Crippen molar-refractivity contribution in [2.24, 2.45) is 4.40 Å². The van der Waals surface area contributed by atoms with E-state index in [0.717, 1.165) is 16.6 Å². The van der Waals surface area contributed by atoms with Gasteiger partial charge in [0.05, 0.1) is 4.90 Å². The van der Waals surface area contributed by atoms with E-state index in [9.17, 15) is 8.42 Å². The Morgan fingerprint density at radius 3 is 2.21 bits per heavy atom. The van der Waals surface area contributed by atoms with Crippen LogP contribution in [0.4, 0.5) is 5.69 Å². The molecular weight excluding hydrogens is 320 g/mol. The summed E-state index contributed by atoms with van der Waals surface area (Å²) in [6, 6.07) is 20.1. The molecule has 5 heteroatoms. The molecule has 24 heavy (non-hydrogen) atoms. The van der Waals surface area contributed by atoms with Gasteiger partial charge in [-0.3, -0.25) is 0 Å². The minimum atomic E-state index is -3.78. The molecule has 0 heterocycles. The number of anilines is 1. The molecule has 0 spiro atoms. The third kappa shape index (κ3) is 3.16. The second-order valence-electron chi connectivity index (χ2n) is 5.64. The number of rotatable bonds is 4. The molecule has 0 unspecified atom stereocenters. The zero-order valence-corrected chi connectivity index (χ0v) is 14.4. The molecule has 0 aliphatic heterocycles. The average molecular weight is 338 g/mol. The molecule has 4 nitrogen and oxygen atoms in total. The zero-order chi connectivity index (χ0) is 17.2. The molecule has 3 aromatic carbocycles. The highest BCUT2D eigenvalue weighted by atomic mass is 32.2. The van der Waals surface area contributed by atoms with Crippen LogP contribution >= 0.6 is 0 Å². The summed E-state index contributed by atoms with van der Waals surface area (Å²) < 4.78 is 29.2. The molecule has 0 aliphatic carbocycles. The lowest BCUT2D eigenvalue weighted by Gasteiger charge is -2.16. The molecular formula is C19H18N2O2S. The Morgan fingerprint density at radius 1 is 0.833 bits per heavy atom. The molecule has 0 N–H and O–H groups in total. The minimum Gasteiger partial charge on any atom is -0.377 e. The summed E-state index contributed by atoms with van der Waals surface area (Å²) in [6.07, 6.45) is 1.38. The van der Waals surface area contributed by atoms with E-state index >= 15 is 0 Å². The zero-order valence-electron chi connectivity index (χ0n) is 13.5. The lowest BCUT2D eigenvalue weighted by Crippen LogP contribution is -2.09. The quantitative estimate of drug-likeness (QED) is 0.681. The maximum absolute atomic E-state index is 12.7. The van der Waals surface area contributed by atoms with Gasteiger partial charge >= 0.3 is 0 Å². The Bertz CT molecular complexity index is 994. The maximum atomic E-state index is 12.7. The number of benzene rings is 3. The molecule has 0 aromatic heterocycles. The summed E-state index contributed by atoms with van der Waals surface area (Å²) in [7, 11) is 0.0915. The molecule has 0 saturated heterocycles. The molecule has 0 radical (unpaired) electrons. The highest BCUT2D eigenvalue weighted by Crippen LogP contribution is 2.30. The predicted molar refractivity (Wildman–Crippen MR) is 99.5 cm³/mol. The normalized spacial score (nSPS) is 11.9. The standard InChI is InChI=1S/C19H18N2O2S/c1-21(2)18-12-6-11-17-16(18)10-7-13-19(17)24(22,23)20-14-15-8-4-3-5-9-15/h3-14H,1-2H3. The molecule has 0 fully saturated rings. The number of nitrogens with zero attached hydrogens (tertiary/aromatic N) is 2. The first kappa shape index (κ1) is 16.2. The third-order valence-electron chi connectivity index (χ3n) is 3.76. The van der Waals surface area contributed by atoms with Gasteiger partial charge in [0, 0.05) is 36.8 Å². The van der Waals surface area contributed by atoms with E-state index in [4.69, 9.17) is 0 Å². The lowest BCUT2D eigenvalue weighted by molar-refractivity contribution is 0.599. The van der Waals surface area contributed by atoms with Crippen LogP contribution in [0.2, 0.25) is 0 Å². The number of hydrogen-bond donors (Lipinski definition) is 0. The second-order valence-corrected chi connectivity index (χ2v) is 7.24. The molecule has 0 aliphatic rings. The summed E-state index contributed by atoms with van der Waals surface area (Å²) in [5.74, 6) is 0. The van der Waals surface area contributed by atoms with Crippen molar-refractivity contribution < 1.29 is 8.42 Å². The first-order valence-corrected chi connectivity index (χ1v) is 8.97. The number of hydrogen-bond acceptors (Lipinski definition) is 3. The SMILES string of the molecule is CN(C)c1cccc2c(S(=O)(=O)N=Cc3ccccc3)cccc12. The fraction of sp³-hybridized carbons (Fsp3) is 0.105. The van der Waals surface area contributed by atoms with Crippen LogP contribution in [0.1, 0.15) is 5.56 Å². The van der Waals surface area contributed by atoms with Crippen LogP contribution in [0.3, 0.4) is 0 Å². The van der Waals surface area contributed by atoms with Crippen molar-refractivity contribution in [3.63, 3.8) is 0 Å². The highest BCUT2D eigenvalue weighted by Gasteiger charge is 2.17. The average Bonchev–Trinajstić information content (AvgIpc) is 2.59. The molecule has 0 atom stereocenters. The van der Waals surface area contributed by atoms with Crippen LogP contribution < -0.4 is 4.90 Å². The van der Waals surface area contributed by atoms with Crippen molar-refractivity contribution in [2.45, 2.75) is 4.90 Å². The first-order chi connectivity index (χ1) is 11.5. The Hall–Kier alpha value is -2.66.